The number of rotatable bonds is 6. The number of benzene rings is 2. The molecule has 0 saturated carbocycles. The summed E-state index contributed by atoms with van der Waals surface area (Å²) >= 11 is 0. The van der Waals surface area contributed by atoms with E-state index in [1.165, 1.54) is 0 Å². The fourth-order valence-electron chi connectivity index (χ4n) is 2.62. The Morgan fingerprint density at radius 2 is 1.86 bits per heavy atom. The van der Waals surface area contributed by atoms with E-state index in [1.807, 2.05) is 59.5 Å². The molecule has 1 unspecified atom stereocenters. The number of nitrogens with one attached hydrogen (secondary N) is 2. The summed E-state index contributed by atoms with van der Waals surface area (Å²) in [4.78, 5) is 14.5. The van der Waals surface area contributed by atoms with Gasteiger partial charge in [0.15, 0.2) is 12.1 Å². The van der Waals surface area contributed by atoms with Crippen molar-refractivity contribution in [2.24, 2.45) is 0 Å². The number of hydrogen-bond acceptors (Lipinski definition) is 5. The molecule has 0 radical (unpaired) electrons. The quantitative estimate of drug-likeness (QED) is 0.708. The lowest BCUT2D eigenvalue weighted by Crippen LogP contribution is -2.49. The highest BCUT2D eigenvalue weighted by atomic mass is 16.3. The number of aliphatic hydroxyl groups excluding tert-OH is 1. The Hall–Kier alpha value is -2.37. The van der Waals surface area contributed by atoms with Crippen LogP contribution in [0.15, 0.2) is 54.6 Å². The Morgan fingerprint density at radius 1 is 1.14 bits per heavy atom. The molecular weight excluding hydrogens is 278 g/mol. The SMILES string of the molecule is O=C(CN1c2ccccc2NC1NCCO)c1ccccc1. The fraction of sp³-hybridized carbons (Fsp3) is 0.235. The molecule has 5 heteroatoms. The van der Waals surface area contributed by atoms with Gasteiger partial charge in [-0.1, -0.05) is 42.5 Å². The molecule has 2 aromatic rings. The summed E-state index contributed by atoms with van der Waals surface area (Å²) in [6.45, 7) is 0.786. The molecule has 3 rings (SSSR count). The first-order valence-electron chi connectivity index (χ1n) is 7.34. The molecule has 2 aromatic carbocycles. The number of ketones is 1. The second-order valence-corrected chi connectivity index (χ2v) is 5.16. The van der Waals surface area contributed by atoms with Crippen molar-refractivity contribution >= 4 is 17.2 Å². The number of hydrogen-bond donors (Lipinski definition) is 3. The number of anilines is 2. The predicted octanol–water partition coefficient (Wildman–Crippen LogP) is 1.67. The van der Waals surface area contributed by atoms with Gasteiger partial charge in [-0.2, -0.15) is 0 Å². The fourth-order valence-corrected chi connectivity index (χ4v) is 2.62. The standard InChI is InChI=1S/C17H19N3O2/c21-11-10-18-17-19-14-8-4-5-9-15(14)20(17)12-16(22)13-6-2-1-3-7-13/h1-9,17-19,21H,10-12H2. The highest BCUT2D eigenvalue weighted by Gasteiger charge is 2.29. The number of aliphatic hydroxyl groups is 1. The van der Waals surface area contributed by atoms with Crippen LogP contribution in [0.25, 0.3) is 0 Å². The van der Waals surface area contributed by atoms with Gasteiger partial charge in [0, 0.05) is 12.1 Å². The molecule has 0 spiro atoms. The van der Waals surface area contributed by atoms with Crippen LogP contribution in [-0.2, 0) is 0 Å². The van der Waals surface area contributed by atoms with Gasteiger partial charge in [0.2, 0.25) is 0 Å². The van der Waals surface area contributed by atoms with Crippen molar-refractivity contribution in [1.82, 2.24) is 5.32 Å². The minimum atomic E-state index is -0.197. The molecule has 1 aliphatic rings. The first kappa shape index (κ1) is 14.6. The van der Waals surface area contributed by atoms with E-state index in [4.69, 9.17) is 5.11 Å². The average molecular weight is 297 g/mol. The van der Waals surface area contributed by atoms with E-state index in [2.05, 4.69) is 10.6 Å². The van der Waals surface area contributed by atoms with Gasteiger partial charge in [-0.15, -0.1) is 0 Å². The Morgan fingerprint density at radius 3 is 2.64 bits per heavy atom. The summed E-state index contributed by atoms with van der Waals surface area (Å²) in [5.74, 6) is 0.0647. The molecule has 0 aliphatic carbocycles. The summed E-state index contributed by atoms with van der Waals surface area (Å²) in [6, 6.07) is 17.2. The van der Waals surface area contributed by atoms with Crippen LogP contribution in [-0.4, -0.2) is 36.9 Å². The molecule has 114 valence electrons. The van der Waals surface area contributed by atoms with E-state index in [0.29, 0.717) is 12.1 Å². The Balaban J connectivity index is 1.80. The molecule has 1 aliphatic heterocycles. The van der Waals surface area contributed by atoms with Crippen LogP contribution in [0.1, 0.15) is 10.4 Å². The predicted molar refractivity (Wildman–Crippen MR) is 87.1 cm³/mol. The Kier molecular flexibility index (Phi) is 4.37. The van der Waals surface area contributed by atoms with Crippen molar-refractivity contribution < 1.29 is 9.90 Å². The van der Waals surface area contributed by atoms with Crippen molar-refractivity contribution in [3.63, 3.8) is 0 Å². The highest BCUT2D eigenvalue weighted by molar-refractivity contribution is 6.00. The van der Waals surface area contributed by atoms with E-state index in [-0.39, 0.29) is 25.2 Å². The zero-order chi connectivity index (χ0) is 15.4. The molecule has 1 atom stereocenters. The van der Waals surface area contributed by atoms with E-state index in [9.17, 15) is 4.79 Å². The molecule has 0 saturated heterocycles. The van der Waals surface area contributed by atoms with Crippen LogP contribution in [0, 0.1) is 0 Å². The van der Waals surface area contributed by atoms with Gasteiger partial charge in [-0.25, -0.2) is 0 Å². The maximum Gasteiger partial charge on any atom is 0.182 e. The zero-order valence-corrected chi connectivity index (χ0v) is 12.2. The monoisotopic (exact) mass is 297 g/mol. The van der Waals surface area contributed by atoms with Crippen LogP contribution in [0.3, 0.4) is 0 Å². The first-order chi connectivity index (χ1) is 10.8. The van der Waals surface area contributed by atoms with E-state index in [0.717, 1.165) is 11.4 Å². The first-order valence-corrected chi connectivity index (χ1v) is 7.34. The van der Waals surface area contributed by atoms with Crippen molar-refractivity contribution in [2.45, 2.75) is 6.29 Å². The van der Waals surface area contributed by atoms with Crippen LogP contribution >= 0.6 is 0 Å². The van der Waals surface area contributed by atoms with Crippen LogP contribution in [0.2, 0.25) is 0 Å². The molecule has 0 bridgehead atoms. The van der Waals surface area contributed by atoms with Crippen LogP contribution < -0.4 is 15.5 Å². The van der Waals surface area contributed by atoms with Crippen LogP contribution in [0.4, 0.5) is 11.4 Å². The number of carbonyl (C=O) groups is 1. The number of fused-ring (bicyclic) bond motifs is 1. The van der Waals surface area contributed by atoms with Crippen LogP contribution in [0.5, 0.6) is 0 Å². The van der Waals surface area contributed by atoms with Crippen molar-refractivity contribution in [3.8, 4) is 0 Å². The molecule has 22 heavy (non-hydrogen) atoms. The molecule has 0 aromatic heterocycles. The summed E-state index contributed by atoms with van der Waals surface area (Å²) in [5.41, 5.74) is 2.67. The lowest BCUT2D eigenvalue weighted by atomic mass is 10.1. The summed E-state index contributed by atoms with van der Waals surface area (Å²) in [6.07, 6.45) is -0.197. The van der Waals surface area contributed by atoms with Gasteiger partial charge in [-0.3, -0.25) is 10.1 Å². The normalized spacial score (nSPS) is 16.2. The number of nitrogens with zero attached hydrogens (tertiary/aromatic N) is 1. The van der Waals surface area contributed by atoms with Gasteiger partial charge < -0.3 is 15.3 Å². The minimum Gasteiger partial charge on any atom is -0.395 e. The highest BCUT2D eigenvalue weighted by Crippen LogP contribution is 2.33. The smallest absolute Gasteiger partial charge is 0.182 e. The van der Waals surface area contributed by atoms with E-state index < -0.39 is 0 Å². The second-order valence-electron chi connectivity index (χ2n) is 5.16. The van der Waals surface area contributed by atoms with Gasteiger partial charge in [-0.05, 0) is 12.1 Å². The average Bonchev–Trinajstić information content (AvgIpc) is 2.91. The van der Waals surface area contributed by atoms with Gasteiger partial charge in [0.1, 0.15) is 0 Å². The third-order valence-corrected chi connectivity index (χ3v) is 3.68. The maximum atomic E-state index is 12.5. The third kappa shape index (κ3) is 2.95. The van der Waals surface area contributed by atoms with Gasteiger partial charge in [0.25, 0.3) is 0 Å². The summed E-state index contributed by atoms with van der Waals surface area (Å²) in [7, 11) is 0. The lowest BCUT2D eigenvalue weighted by Gasteiger charge is -2.26. The molecule has 1 heterocycles. The Bertz CT molecular complexity index is 645. The number of Topliss-reactive ketones (excluding diaryl/α,β-unsaturated/α-hetero) is 1. The third-order valence-electron chi connectivity index (χ3n) is 3.68. The van der Waals surface area contributed by atoms with E-state index in [1.54, 1.807) is 0 Å². The van der Waals surface area contributed by atoms with Crippen molar-refractivity contribution in [1.29, 1.82) is 0 Å². The van der Waals surface area contributed by atoms with Gasteiger partial charge in [0.05, 0.1) is 24.5 Å². The lowest BCUT2D eigenvalue weighted by molar-refractivity contribution is 0.0997. The Labute approximate surface area is 129 Å². The molecule has 3 N–H and O–H groups in total. The van der Waals surface area contributed by atoms with Crippen molar-refractivity contribution in [2.75, 3.05) is 29.9 Å². The molecule has 0 amide bonds. The summed E-state index contributed by atoms with van der Waals surface area (Å²) in [5, 5.41) is 15.5. The molecule has 0 fully saturated rings. The number of para-hydroxylation sites is 2. The minimum absolute atomic E-state index is 0.0506. The van der Waals surface area contributed by atoms with Gasteiger partial charge >= 0.3 is 0 Å². The zero-order valence-electron chi connectivity index (χ0n) is 12.2. The van der Waals surface area contributed by atoms with E-state index >= 15 is 0 Å². The number of carbonyl (C=O) groups excluding carboxylic acids is 1. The largest absolute Gasteiger partial charge is 0.395 e. The molecular formula is C17H19N3O2. The molecule has 5 nitrogen and oxygen atoms in total. The van der Waals surface area contributed by atoms with Crippen molar-refractivity contribution in [3.05, 3.63) is 60.2 Å². The maximum absolute atomic E-state index is 12.5. The topological polar surface area (TPSA) is 64.6 Å². The second kappa shape index (κ2) is 6.60. The summed E-state index contributed by atoms with van der Waals surface area (Å²) < 4.78 is 0.